The molecule has 6 aromatic rings. The second-order valence-corrected chi connectivity index (χ2v) is 8.50. The molecule has 6 rings (SSSR count). The molecular weight excluding hydrogens is 450 g/mol. The van der Waals surface area contributed by atoms with Gasteiger partial charge in [-0.15, -0.1) is 0 Å². The summed E-state index contributed by atoms with van der Waals surface area (Å²) in [4.78, 5) is 23.2. The third kappa shape index (κ3) is 2.93. The molecule has 0 aliphatic heterocycles. The van der Waals surface area contributed by atoms with Crippen molar-refractivity contribution in [3.05, 3.63) is 95.0 Å². The zero-order valence-electron chi connectivity index (χ0n) is 16.4. The first kappa shape index (κ1) is 18.2. The van der Waals surface area contributed by atoms with Crippen molar-refractivity contribution in [2.24, 2.45) is 0 Å². The minimum Gasteiger partial charge on any atom is -0.316 e. The average Bonchev–Trinajstić information content (AvgIpc) is 3.09. The van der Waals surface area contributed by atoms with Gasteiger partial charge in [-0.25, -0.2) is 9.97 Å². The summed E-state index contributed by atoms with van der Waals surface area (Å²) in [6, 6.07) is 27.7. The number of aromatic nitrogens is 3. The van der Waals surface area contributed by atoms with Crippen LogP contribution in [0.25, 0.3) is 43.9 Å². The number of carbonyl (C=O) groups excluding carboxylic acids is 1. The van der Waals surface area contributed by atoms with Crippen LogP contribution in [0.5, 0.6) is 0 Å². The van der Waals surface area contributed by atoms with Crippen LogP contribution in [0.2, 0.25) is 0 Å². The van der Waals surface area contributed by atoms with Crippen molar-refractivity contribution in [2.75, 3.05) is 0 Å². The maximum absolute atomic E-state index is 13.5. The lowest BCUT2D eigenvalue weighted by Crippen LogP contribution is -2.11. The highest BCUT2D eigenvalue weighted by Gasteiger charge is 2.18. The fourth-order valence-electron chi connectivity index (χ4n) is 4.26. The molecule has 148 valence electrons. The van der Waals surface area contributed by atoms with Crippen molar-refractivity contribution in [3.8, 4) is 0 Å². The molecule has 0 unspecified atom stereocenters. The molecule has 0 spiro atoms. The lowest BCUT2D eigenvalue weighted by Gasteiger charge is -2.09. The Morgan fingerprint density at radius 2 is 1.55 bits per heavy atom. The molecule has 0 saturated heterocycles. The topological polar surface area (TPSA) is 47.8 Å². The predicted octanol–water partition coefficient (Wildman–Crippen LogP) is 6.54. The second-order valence-electron chi connectivity index (χ2n) is 7.58. The smallest absolute Gasteiger partial charge is 0.183 e. The molecule has 0 saturated carbocycles. The van der Waals surface area contributed by atoms with Gasteiger partial charge in [0.1, 0.15) is 5.52 Å². The van der Waals surface area contributed by atoms with Crippen LogP contribution in [0, 0.1) is 0 Å². The van der Waals surface area contributed by atoms with Gasteiger partial charge in [-0.1, -0.05) is 70.5 Å². The fraction of sp³-hybridized carbons (Fsp3) is 0.0385. The van der Waals surface area contributed by atoms with E-state index in [9.17, 15) is 4.79 Å². The summed E-state index contributed by atoms with van der Waals surface area (Å²) < 4.78 is 2.95. The van der Waals surface area contributed by atoms with E-state index in [1.54, 1.807) is 0 Å². The average molecular weight is 466 g/mol. The van der Waals surface area contributed by atoms with Crippen LogP contribution in [0.3, 0.4) is 0 Å². The summed E-state index contributed by atoms with van der Waals surface area (Å²) in [5.41, 5.74) is 4.85. The first-order chi connectivity index (χ1) is 15.2. The maximum Gasteiger partial charge on any atom is 0.183 e. The molecule has 2 heterocycles. The number of nitrogens with zero attached hydrogens (tertiary/aromatic N) is 3. The molecule has 4 nitrogen and oxygen atoms in total. The van der Waals surface area contributed by atoms with E-state index in [0.717, 1.165) is 53.9 Å². The molecule has 4 aromatic carbocycles. The number of fused-ring (bicyclic) bond motifs is 5. The zero-order valence-corrected chi connectivity index (χ0v) is 18.0. The molecule has 0 aliphatic carbocycles. The van der Waals surface area contributed by atoms with Crippen LogP contribution in [-0.4, -0.2) is 20.3 Å². The number of carbonyl (C=O) groups is 1. The number of halogens is 1. The van der Waals surface area contributed by atoms with E-state index in [1.807, 2.05) is 89.5 Å². The van der Waals surface area contributed by atoms with Crippen LogP contribution >= 0.6 is 15.9 Å². The Morgan fingerprint density at radius 1 is 0.806 bits per heavy atom. The fourth-order valence-corrected chi connectivity index (χ4v) is 4.63. The number of hydrogen-bond donors (Lipinski definition) is 0. The van der Waals surface area contributed by atoms with Crippen LogP contribution in [0.1, 0.15) is 10.4 Å². The molecule has 5 heteroatoms. The maximum atomic E-state index is 13.5. The number of rotatable bonds is 3. The summed E-state index contributed by atoms with van der Waals surface area (Å²) in [5, 5.41) is 3.01. The summed E-state index contributed by atoms with van der Waals surface area (Å²) in [6.45, 7) is 0.197. The summed E-state index contributed by atoms with van der Waals surface area (Å²) in [5.74, 6) is 0.0495. The molecule has 0 fully saturated rings. The first-order valence-electron chi connectivity index (χ1n) is 10.0. The minimum absolute atomic E-state index is 0.0495. The van der Waals surface area contributed by atoms with E-state index in [4.69, 9.17) is 9.97 Å². The summed E-state index contributed by atoms with van der Waals surface area (Å²) >= 11 is 3.57. The standard InChI is InChI=1S/C26H16BrN3O/c27-17-12-13-23-20(14-17)25-26(29-22-11-4-3-10-21(22)28-25)30(23)15-24(31)19-9-5-7-16-6-1-2-8-18(16)19/h1-14H,15H2. The molecule has 31 heavy (non-hydrogen) atoms. The molecule has 0 radical (unpaired) electrons. The van der Waals surface area contributed by atoms with Gasteiger partial charge in [0.25, 0.3) is 0 Å². The van der Waals surface area contributed by atoms with Gasteiger partial charge in [-0.2, -0.15) is 0 Å². The lowest BCUT2D eigenvalue weighted by molar-refractivity contribution is 0.0976. The molecule has 0 bridgehead atoms. The van der Waals surface area contributed by atoms with Gasteiger partial charge < -0.3 is 4.57 Å². The Morgan fingerprint density at radius 3 is 2.42 bits per heavy atom. The van der Waals surface area contributed by atoms with E-state index in [-0.39, 0.29) is 12.3 Å². The molecule has 0 N–H and O–H groups in total. The molecule has 2 aromatic heterocycles. The molecule has 0 atom stereocenters. The normalized spacial score (nSPS) is 11.6. The quantitative estimate of drug-likeness (QED) is 0.279. The third-order valence-corrected chi connectivity index (χ3v) is 6.20. The van der Waals surface area contributed by atoms with Gasteiger partial charge in [0.2, 0.25) is 0 Å². The highest BCUT2D eigenvalue weighted by molar-refractivity contribution is 9.10. The van der Waals surface area contributed by atoms with Crippen molar-refractivity contribution < 1.29 is 4.79 Å². The monoisotopic (exact) mass is 465 g/mol. The van der Waals surface area contributed by atoms with Crippen molar-refractivity contribution in [2.45, 2.75) is 6.54 Å². The van der Waals surface area contributed by atoms with Crippen molar-refractivity contribution in [3.63, 3.8) is 0 Å². The van der Waals surface area contributed by atoms with Crippen molar-refractivity contribution in [1.29, 1.82) is 0 Å². The number of hydrogen-bond acceptors (Lipinski definition) is 3. The lowest BCUT2D eigenvalue weighted by atomic mass is 10.0. The predicted molar refractivity (Wildman–Crippen MR) is 129 cm³/mol. The Bertz CT molecular complexity index is 1650. The Labute approximate surface area is 186 Å². The van der Waals surface area contributed by atoms with Gasteiger partial charge in [0, 0.05) is 15.4 Å². The Kier molecular flexibility index (Phi) is 4.11. The van der Waals surface area contributed by atoms with Gasteiger partial charge in [0.15, 0.2) is 11.4 Å². The van der Waals surface area contributed by atoms with E-state index in [1.165, 1.54) is 0 Å². The van der Waals surface area contributed by atoms with E-state index < -0.39 is 0 Å². The molecular formula is C26H16BrN3O. The van der Waals surface area contributed by atoms with Crippen molar-refractivity contribution in [1.82, 2.24) is 14.5 Å². The Hall–Kier alpha value is -3.57. The minimum atomic E-state index is 0.0495. The highest BCUT2D eigenvalue weighted by atomic mass is 79.9. The Balaban J connectivity index is 1.59. The summed E-state index contributed by atoms with van der Waals surface area (Å²) in [6.07, 6.45) is 0. The van der Waals surface area contributed by atoms with Crippen LogP contribution in [-0.2, 0) is 6.54 Å². The van der Waals surface area contributed by atoms with Crippen molar-refractivity contribution >= 4 is 65.6 Å². The zero-order chi connectivity index (χ0) is 20.9. The number of Topliss-reactive ketones (excluding diaryl/α,β-unsaturated/α-hetero) is 1. The largest absolute Gasteiger partial charge is 0.316 e. The van der Waals surface area contributed by atoms with E-state index in [0.29, 0.717) is 0 Å². The summed E-state index contributed by atoms with van der Waals surface area (Å²) in [7, 11) is 0. The van der Waals surface area contributed by atoms with Gasteiger partial charge >= 0.3 is 0 Å². The van der Waals surface area contributed by atoms with Crippen LogP contribution in [0.4, 0.5) is 0 Å². The van der Waals surface area contributed by atoms with Crippen LogP contribution < -0.4 is 0 Å². The third-order valence-electron chi connectivity index (χ3n) is 5.70. The molecule has 0 aliphatic rings. The van der Waals surface area contributed by atoms with E-state index >= 15 is 0 Å². The van der Waals surface area contributed by atoms with Gasteiger partial charge in [-0.05, 0) is 41.1 Å². The number of para-hydroxylation sites is 2. The number of ketones is 1. The van der Waals surface area contributed by atoms with E-state index in [2.05, 4.69) is 15.9 Å². The highest BCUT2D eigenvalue weighted by Crippen LogP contribution is 2.31. The molecule has 0 amide bonds. The second kappa shape index (κ2) is 7.00. The SMILES string of the molecule is O=C(Cn1c2ccc(Br)cc2c2nc3ccccc3nc21)c1cccc2ccccc12. The van der Waals surface area contributed by atoms with Gasteiger partial charge in [0.05, 0.1) is 23.1 Å². The van der Waals surface area contributed by atoms with Crippen LogP contribution in [0.15, 0.2) is 89.4 Å². The number of benzene rings is 4. The van der Waals surface area contributed by atoms with Gasteiger partial charge in [-0.3, -0.25) is 4.79 Å². The first-order valence-corrected chi connectivity index (χ1v) is 10.8.